The van der Waals surface area contributed by atoms with E-state index < -0.39 is 0 Å². The molecule has 1 aromatic heterocycles. The molecule has 2 aromatic carbocycles. The van der Waals surface area contributed by atoms with Crippen LogP contribution in [0.1, 0.15) is 36.5 Å². The molecule has 0 spiro atoms. The zero-order chi connectivity index (χ0) is 16.4. The topological polar surface area (TPSA) is 30.2 Å². The predicted molar refractivity (Wildman–Crippen MR) is 96.0 cm³/mol. The number of aryl methyl sites for hydroxylation is 3. The van der Waals surface area contributed by atoms with Crippen LogP contribution in [0, 0.1) is 13.8 Å². The van der Waals surface area contributed by atoms with Gasteiger partial charge in [-0.05, 0) is 49.4 Å². The predicted octanol–water partition coefficient (Wildman–Crippen LogP) is 5.42. The molecule has 3 aromatic rings. The van der Waals surface area contributed by atoms with Gasteiger partial charge < -0.3 is 4.42 Å². The lowest BCUT2D eigenvalue weighted by molar-refractivity contribution is 0.618. The van der Waals surface area contributed by atoms with Crippen LogP contribution in [0.2, 0.25) is 0 Å². The summed E-state index contributed by atoms with van der Waals surface area (Å²) in [6.45, 7) is 6.16. The van der Waals surface area contributed by atoms with Crippen LogP contribution in [0.25, 0.3) is 22.3 Å². The first-order chi connectivity index (χ1) is 11.1. The Labute approximate surface area is 136 Å². The van der Waals surface area contributed by atoms with E-state index in [1.165, 1.54) is 18.4 Å². The maximum atomic E-state index is 12.5. The fraction of sp³-hybridized carbons (Fsp3) is 0.286. The van der Waals surface area contributed by atoms with Crippen LogP contribution >= 0.6 is 0 Å². The third-order valence-corrected chi connectivity index (χ3v) is 4.23. The van der Waals surface area contributed by atoms with Gasteiger partial charge in [-0.15, -0.1) is 0 Å². The monoisotopic (exact) mass is 306 g/mol. The van der Waals surface area contributed by atoms with Gasteiger partial charge in [-0.3, -0.25) is 4.79 Å². The molecule has 0 saturated heterocycles. The van der Waals surface area contributed by atoms with Crippen molar-refractivity contribution >= 4 is 11.0 Å². The van der Waals surface area contributed by atoms with Gasteiger partial charge in [0.05, 0.1) is 5.39 Å². The molecule has 0 aliphatic rings. The highest BCUT2D eigenvalue weighted by atomic mass is 16.3. The van der Waals surface area contributed by atoms with Gasteiger partial charge in [0, 0.05) is 11.6 Å². The molecule has 0 unspecified atom stereocenters. The van der Waals surface area contributed by atoms with Crippen molar-refractivity contribution in [2.75, 3.05) is 0 Å². The van der Waals surface area contributed by atoms with Crippen molar-refractivity contribution in [1.82, 2.24) is 0 Å². The second-order valence-electron chi connectivity index (χ2n) is 6.23. The molecule has 3 rings (SSSR count). The minimum Gasteiger partial charge on any atom is -0.456 e. The molecule has 23 heavy (non-hydrogen) atoms. The first-order valence-electron chi connectivity index (χ1n) is 8.23. The third-order valence-electron chi connectivity index (χ3n) is 4.23. The van der Waals surface area contributed by atoms with Crippen LogP contribution in [0.3, 0.4) is 0 Å². The van der Waals surface area contributed by atoms with Crippen LogP contribution < -0.4 is 5.43 Å². The largest absolute Gasteiger partial charge is 0.456 e. The summed E-state index contributed by atoms with van der Waals surface area (Å²) >= 11 is 0. The van der Waals surface area contributed by atoms with Gasteiger partial charge in [0.1, 0.15) is 11.3 Å². The molecule has 0 atom stereocenters. The van der Waals surface area contributed by atoms with E-state index in [1.54, 1.807) is 6.07 Å². The van der Waals surface area contributed by atoms with E-state index in [9.17, 15) is 4.79 Å². The number of unbranched alkanes of at least 4 members (excludes halogenated alkanes) is 1. The van der Waals surface area contributed by atoms with Crippen molar-refractivity contribution in [2.24, 2.45) is 0 Å². The van der Waals surface area contributed by atoms with Crippen LogP contribution in [0.15, 0.2) is 51.7 Å². The van der Waals surface area contributed by atoms with Gasteiger partial charge in [-0.2, -0.15) is 0 Å². The van der Waals surface area contributed by atoms with Crippen LogP contribution in [0.5, 0.6) is 0 Å². The highest BCUT2D eigenvalue weighted by Crippen LogP contribution is 2.25. The SMILES string of the molecule is CCCCc1ccc(-c2cc(=O)c3c(C)cc(C)cc3o2)cc1. The number of rotatable bonds is 4. The molecule has 0 amide bonds. The van der Waals surface area contributed by atoms with Gasteiger partial charge >= 0.3 is 0 Å². The van der Waals surface area contributed by atoms with Gasteiger partial charge in [0.2, 0.25) is 0 Å². The number of hydrogen-bond donors (Lipinski definition) is 0. The van der Waals surface area contributed by atoms with Gasteiger partial charge in [0.15, 0.2) is 5.43 Å². The molecular weight excluding hydrogens is 284 g/mol. The van der Waals surface area contributed by atoms with Crippen LogP contribution in [-0.2, 0) is 6.42 Å². The number of fused-ring (bicyclic) bond motifs is 1. The van der Waals surface area contributed by atoms with Crippen LogP contribution in [-0.4, -0.2) is 0 Å². The molecule has 2 nitrogen and oxygen atoms in total. The van der Waals surface area contributed by atoms with E-state index >= 15 is 0 Å². The zero-order valence-corrected chi connectivity index (χ0v) is 14.0. The normalized spacial score (nSPS) is 11.1. The Kier molecular flexibility index (Phi) is 4.33. The molecule has 2 heteroatoms. The molecule has 0 radical (unpaired) electrons. The second kappa shape index (κ2) is 6.41. The Morgan fingerprint density at radius 3 is 2.43 bits per heavy atom. The summed E-state index contributed by atoms with van der Waals surface area (Å²) in [4.78, 5) is 12.5. The fourth-order valence-corrected chi connectivity index (χ4v) is 3.02. The van der Waals surface area contributed by atoms with E-state index in [4.69, 9.17) is 4.42 Å². The summed E-state index contributed by atoms with van der Waals surface area (Å²) in [6, 6.07) is 13.9. The number of hydrogen-bond acceptors (Lipinski definition) is 2. The maximum Gasteiger partial charge on any atom is 0.193 e. The minimum atomic E-state index is 0.0220. The van der Waals surface area contributed by atoms with Crippen molar-refractivity contribution in [3.8, 4) is 11.3 Å². The highest BCUT2D eigenvalue weighted by molar-refractivity contribution is 5.82. The first-order valence-corrected chi connectivity index (χ1v) is 8.23. The van der Waals surface area contributed by atoms with Crippen molar-refractivity contribution in [3.05, 3.63) is 69.4 Å². The molecule has 0 saturated carbocycles. The Bertz CT molecular complexity index is 886. The van der Waals surface area contributed by atoms with E-state index in [0.717, 1.165) is 23.1 Å². The van der Waals surface area contributed by atoms with Crippen LogP contribution in [0.4, 0.5) is 0 Å². The lowest BCUT2D eigenvalue weighted by atomic mass is 10.0. The first kappa shape index (κ1) is 15.5. The second-order valence-corrected chi connectivity index (χ2v) is 6.23. The quantitative estimate of drug-likeness (QED) is 0.644. The minimum absolute atomic E-state index is 0.0220. The molecular formula is C21H22O2. The fourth-order valence-electron chi connectivity index (χ4n) is 3.02. The lowest BCUT2D eigenvalue weighted by Crippen LogP contribution is -2.02. The molecule has 1 heterocycles. The molecule has 0 bridgehead atoms. The Morgan fingerprint density at radius 2 is 1.74 bits per heavy atom. The van der Waals surface area contributed by atoms with Gasteiger partial charge in [-0.1, -0.05) is 43.7 Å². The summed E-state index contributed by atoms with van der Waals surface area (Å²) < 4.78 is 6.01. The molecule has 0 aliphatic carbocycles. The summed E-state index contributed by atoms with van der Waals surface area (Å²) in [5, 5.41) is 0.680. The highest BCUT2D eigenvalue weighted by Gasteiger charge is 2.09. The Hall–Kier alpha value is -2.35. The van der Waals surface area contributed by atoms with Crippen molar-refractivity contribution < 1.29 is 4.42 Å². The average Bonchev–Trinajstić information content (AvgIpc) is 2.52. The van der Waals surface area contributed by atoms with E-state index in [0.29, 0.717) is 16.7 Å². The zero-order valence-electron chi connectivity index (χ0n) is 14.0. The number of benzene rings is 2. The molecule has 118 valence electrons. The van der Waals surface area contributed by atoms with E-state index in [2.05, 4.69) is 19.1 Å². The van der Waals surface area contributed by atoms with Gasteiger partial charge in [0.25, 0.3) is 0 Å². The lowest BCUT2D eigenvalue weighted by Gasteiger charge is -2.07. The smallest absolute Gasteiger partial charge is 0.193 e. The summed E-state index contributed by atoms with van der Waals surface area (Å²) in [5.74, 6) is 0.634. The van der Waals surface area contributed by atoms with Crippen molar-refractivity contribution in [3.63, 3.8) is 0 Å². The maximum absolute atomic E-state index is 12.5. The van der Waals surface area contributed by atoms with E-state index in [-0.39, 0.29) is 5.43 Å². The van der Waals surface area contributed by atoms with Crippen molar-refractivity contribution in [1.29, 1.82) is 0 Å². The van der Waals surface area contributed by atoms with Crippen molar-refractivity contribution in [2.45, 2.75) is 40.0 Å². The van der Waals surface area contributed by atoms with E-state index in [1.807, 2.05) is 38.1 Å². The molecule has 0 N–H and O–H groups in total. The van der Waals surface area contributed by atoms with Gasteiger partial charge in [-0.25, -0.2) is 0 Å². The Morgan fingerprint density at radius 1 is 1.00 bits per heavy atom. The molecule has 0 fully saturated rings. The molecule has 0 aliphatic heterocycles. The standard InChI is InChI=1S/C21H22O2/c1-4-5-6-16-7-9-17(10-8-16)19-13-18(22)21-15(3)11-14(2)12-20(21)23-19/h7-13H,4-6H2,1-3H3. The summed E-state index contributed by atoms with van der Waals surface area (Å²) in [6.07, 6.45) is 3.49. The third kappa shape index (κ3) is 3.21. The Balaban J connectivity index is 2.05. The summed E-state index contributed by atoms with van der Waals surface area (Å²) in [7, 11) is 0. The summed E-state index contributed by atoms with van der Waals surface area (Å²) in [5.41, 5.74) is 5.03. The average molecular weight is 306 g/mol.